The lowest BCUT2D eigenvalue weighted by Crippen LogP contribution is -2.50. The lowest BCUT2D eigenvalue weighted by Gasteiger charge is -2.26. The molecule has 40 heavy (non-hydrogen) atoms. The predicted octanol–water partition coefficient (Wildman–Crippen LogP) is 3.98. The van der Waals surface area contributed by atoms with E-state index in [1.54, 1.807) is 20.8 Å². The van der Waals surface area contributed by atoms with Crippen molar-refractivity contribution in [2.24, 2.45) is 0 Å². The number of nitrogens with zero attached hydrogens (tertiary/aromatic N) is 2. The maximum atomic E-state index is 12.7. The van der Waals surface area contributed by atoms with E-state index in [-0.39, 0.29) is 25.5 Å². The second-order valence-electron chi connectivity index (χ2n) is 10.6. The topological polar surface area (TPSA) is 147 Å². The fourth-order valence-corrected chi connectivity index (χ4v) is 4.17. The lowest BCUT2D eigenvalue weighted by molar-refractivity contribution is -0.157. The second kappa shape index (κ2) is 14.3. The molecule has 3 rings (SSSR count). The number of anilines is 1. The molecule has 1 aliphatic heterocycles. The van der Waals surface area contributed by atoms with Crippen LogP contribution in [0.3, 0.4) is 0 Å². The van der Waals surface area contributed by atoms with Gasteiger partial charge < -0.3 is 25.2 Å². The summed E-state index contributed by atoms with van der Waals surface area (Å²) in [6.07, 6.45) is 1.82. The summed E-state index contributed by atoms with van der Waals surface area (Å²) in [5.74, 6) is -0.459. The van der Waals surface area contributed by atoms with Crippen LogP contribution >= 0.6 is 0 Å². The molecule has 1 aromatic carbocycles. The van der Waals surface area contributed by atoms with Gasteiger partial charge in [0, 0.05) is 25.2 Å². The molecule has 2 heterocycles. The van der Waals surface area contributed by atoms with Crippen LogP contribution in [0.5, 0.6) is 0 Å². The Morgan fingerprint density at radius 1 is 1.07 bits per heavy atom. The van der Waals surface area contributed by atoms with Crippen molar-refractivity contribution < 1.29 is 33.8 Å². The Morgan fingerprint density at radius 2 is 1.82 bits per heavy atom. The van der Waals surface area contributed by atoms with Gasteiger partial charge in [-0.1, -0.05) is 36.4 Å². The number of carbonyl (C=O) groups is 4. The third-order valence-electron chi connectivity index (χ3n) is 6.11. The van der Waals surface area contributed by atoms with Crippen LogP contribution < -0.4 is 15.5 Å². The van der Waals surface area contributed by atoms with Gasteiger partial charge in [-0.05, 0) is 70.1 Å². The number of aromatic nitrogens is 1. The number of esters is 1. The molecule has 0 saturated carbocycles. The average Bonchev–Trinajstić information content (AvgIpc) is 2.91. The van der Waals surface area contributed by atoms with Crippen LogP contribution in [0.1, 0.15) is 63.3 Å². The highest BCUT2D eigenvalue weighted by atomic mass is 16.6. The standard InChI is InChI=1S/C29H38N4O7/c1-29(2,3)40-26(35)23(32-27(36)39-19-20-10-5-4-6-11-20)18-30-24(34)14-8-7-13-22-16-15-21-12-9-17-33(28(37)38)25(21)31-22/h4-6,10-11,15-16,23H,7-9,12-14,17-19H2,1-3H3,(H,30,34)(H,32,36)(H,37,38). The highest BCUT2D eigenvalue weighted by Gasteiger charge is 2.28. The zero-order valence-corrected chi connectivity index (χ0v) is 23.3. The molecule has 11 nitrogen and oxygen atoms in total. The van der Waals surface area contributed by atoms with E-state index < -0.39 is 29.8 Å². The van der Waals surface area contributed by atoms with Crippen molar-refractivity contribution in [3.05, 3.63) is 59.3 Å². The summed E-state index contributed by atoms with van der Waals surface area (Å²) in [4.78, 5) is 54.8. The van der Waals surface area contributed by atoms with Gasteiger partial charge in [0.25, 0.3) is 0 Å². The van der Waals surface area contributed by atoms with Crippen LogP contribution in [0.4, 0.5) is 15.4 Å². The van der Waals surface area contributed by atoms with Gasteiger partial charge in [-0.15, -0.1) is 0 Å². The summed E-state index contributed by atoms with van der Waals surface area (Å²) in [7, 11) is 0. The van der Waals surface area contributed by atoms with Crippen LogP contribution in [0.25, 0.3) is 0 Å². The van der Waals surface area contributed by atoms with Gasteiger partial charge in [0.15, 0.2) is 0 Å². The van der Waals surface area contributed by atoms with Gasteiger partial charge in [0.1, 0.15) is 24.1 Å². The van der Waals surface area contributed by atoms with Crippen molar-refractivity contribution >= 4 is 29.9 Å². The van der Waals surface area contributed by atoms with E-state index in [2.05, 4.69) is 15.6 Å². The Balaban J connectivity index is 1.46. The highest BCUT2D eigenvalue weighted by molar-refractivity contribution is 5.86. The molecule has 1 aliphatic rings. The largest absolute Gasteiger partial charge is 0.465 e. The van der Waals surface area contributed by atoms with E-state index >= 15 is 0 Å². The Bertz CT molecular complexity index is 1180. The summed E-state index contributed by atoms with van der Waals surface area (Å²) in [5, 5.41) is 14.6. The first-order valence-corrected chi connectivity index (χ1v) is 13.5. The van der Waals surface area contributed by atoms with Crippen LogP contribution in [-0.2, 0) is 38.5 Å². The van der Waals surface area contributed by atoms with Crippen molar-refractivity contribution in [3.63, 3.8) is 0 Å². The molecule has 11 heteroatoms. The van der Waals surface area contributed by atoms with Crippen LogP contribution in [0.2, 0.25) is 0 Å². The van der Waals surface area contributed by atoms with Gasteiger partial charge in [0.2, 0.25) is 5.91 Å². The van der Waals surface area contributed by atoms with Gasteiger partial charge in [-0.25, -0.2) is 19.4 Å². The lowest BCUT2D eigenvalue weighted by atomic mass is 10.0. The zero-order valence-electron chi connectivity index (χ0n) is 23.3. The summed E-state index contributed by atoms with van der Waals surface area (Å²) in [6.45, 7) is 5.46. The van der Waals surface area contributed by atoms with Crippen LogP contribution in [-0.4, -0.2) is 58.9 Å². The molecule has 1 aromatic heterocycles. The van der Waals surface area contributed by atoms with Crippen molar-refractivity contribution in [3.8, 4) is 0 Å². The van der Waals surface area contributed by atoms with E-state index in [9.17, 15) is 24.3 Å². The molecule has 0 aliphatic carbocycles. The minimum atomic E-state index is -1.12. The number of nitrogens with one attached hydrogen (secondary N) is 2. The first-order chi connectivity index (χ1) is 19.0. The minimum Gasteiger partial charge on any atom is -0.465 e. The molecule has 1 unspecified atom stereocenters. The first kappa shape index (κ1) is 30.4. The number of ether oxygens (including phenoxy) is 2. The Hall–Kier alpha value is -4.15. The Kier molecular flexibility index (Phi) is 10.9. The smallest absolute Gasteiger partial charge is 0.413 e. The molecule has 0 spiro atoms. The number of fused-ring (bicyclic) bond motifs is 1. The zero-order chi connectivity index (χ0) is 29.1. The van der Waals surface area contributed by atoms with Crippen molar-refractivity contribution in [2.45, 2.75) is 77.5 Å². The SMILES string of the molecule is CC(C)(C)OC(=O)C(CNC(=O)CCCCc1ccc2c(n1)N(C(=O)O)CCC2)NC(=O)OCc1ccccc1. The second-order valence-corrected chi connectivity index (χ2v) is 10.6. The molecule has 0 radical (unpaired) electrons. The van der Waals surface area contributed by atoms with Gasteiger partial charge >= 0.3 is 18.2 Å². The number of aryl methyl sites for hydroxylation is 2. The number of amides is 3. The van der Waals surface area contributed by atoms with E-state index in [0.29, 0.717) is 31.6 Å². The van der Waals surface area contributed by atoms with Crippen molar-refractivity contribution in [2.75, 3.05) is 18.0 Å². The quantitative estimate of drug-likeness (QED) is 0.279. The number of benzene rings is 1. The van der Waals surface area contributed by atoms with Gasteiger partial charge in [0.05, 0.1) is 0 Å². The highest BCUT2D eigenvalue weighted by Crippen LogP contribution is 2.25. The number of carboxylic acid groups (broad SMARTS) is 1. The maximum absolute atomic E-state index is 12.7. The number of carbonyl (C=O) groups excluding carboxylic acids is 3. The third-order valence-corrected chi connectivity index (χ3v) is 6.11. The Morgan fingerprint density at radius 3 is 2.52 bits per heavy atom. The maximum Gasteiger partial charge on any atom is 0.413 e. The monoisotopic (exact) mass is 554 g/mol. The van der Waals surface area contributed by atoms with Crippen molar-refractivity contribution in [1.82, 2.24) is 15.6 Å². The fraction of sp³-hybridized carbons (Fsp3) is 0.483. The summed E-state index contributed by atoms with van der Waals surface area (Å²) in [5.41, 5.74) is 1.72. The Labute approximate surface area is 234 Å². The minimum absolute atomic E-state index is 0.0352. The van der Waals surface area contributed by atoms with Gasteiger partial charge in [-0.2, -0.15) is 0 Å². The average molecular weight is 555 g/mol. The van der Waals surface area contributed by atoms with Crippen LogP contribution in [0, 0.1) is 0 Å². The van der Waals surface area contributed by atoms with Crippen molar-refractivity contribution in [1.29, 1.82) is 0 Å². The van der Waals surface area contributed by atoms with Crippen LogP contribution in [0.15, 0.2) is 42.5 Å². The molecule has 0 fully saturated rings. The first-order valence-electron chi connectivity index (χ1n) is 13.5. The number of hydrogen-bond acceptors (Lipinski definition) is 7. The summed E-state index contributed by atoms with van der Waals surface area (Å²) in [6, 6.07) is 11.8. The molecular weight excluding hydrogens is 516 g/mol. The molecule has 2 aromatic rings. The van der Waals surface area contributed by atoms with E-state index in [4.69, 9.17) is 9.47 Å². The predicted molar refractivity (Wildman–Crippen MR) is 148 cm³/mol. The number of alkyl carbamates (subject to hydrolysis) is 1. The van der Waals surface area contributed by atoms with E-state index in [1.807, 2.05) is 42.5 Å². The normalized spacial score (nSPS) is 13.5. The number of hydrogen-bond donors (Lipinski definition) is 3. The molecule has 3 amide bonds. The van der Waals surface area contributed by atoms with Gasteiger partial charge in [-0.3, -0.25) is 9.69 Å². The van der Waals surface area contributed by atoms with E-state index in [1.165, 1.54) is 4.90 Å². The molecule has 216 valence electrons. The molecule has 1 atom stereocenters. The number of rotatable bonds is 11. The number of unbranched alkanes of at least 4 members (excludes halogenated alkanes) is 1. The molecule has 0 bridgehead atoms. The molecule has 0 saturated heterocycles. The summed E-state index contributed by atoms with van der Waals surface area (Å²) < 4.78 is 10.6. The number of pyridine rings is 1. The molecule has 3 N–H and O–H groups in total. The fourth-order valence-electron chi connectivity index (χ4n) is 4.17. The third kappa shape index (κ3) is 9.87. The molecular formula is C29H38N4O7. The summed E-state index contributed by atoms with van der Waals surface area (Å²) >= 11 is 0. The van der Waals surface area contributed by atoms with E-state index in [0.717, 1.165) is 29.7 Å².